The Morgan fingerprint density at radius 1 is 1.21 bits per heavy atom. The minimum absolute atomic E-state index is 0. The molecule has 196 valence electrons. The second-order valence-corrected chi connectivity index (χ2v) is 12.6. The lowest BCUT2D eigenvalue weighted by molar-refractivity contribution is 0.0540. The van der Waals surface area contributed by atoms with Gasteiger partial charge in [-0.1, -0.05) is 52.8 Å². The summed E-state index contributed by atoms with van der Waals surface area (Å²) in [6.45, 7) is 21.2. The maximum atomic E-state index is 8.30. The van der Waals surface area contributed by atoms with Crippen molar-refractivity contribution in [1.82, 2.24) is 10.6 Å². The fourth-order valence-electron chi connectivity index (χ4n) is 9.20. The first kappa shape index (κ1) is 27.5. The Morgan fingerprint density at radius 2 is 1.94 bits per heavy atom. The van der Waals surface area contributed by atoms with Crippen molar-refractivity contribution in [1.29, 1.82) is 5.41 Å². The van der Waals surface area contributed by atoms with Crippen LogP contribution in [0, 0.1) is 45.3 Å². The van der Waals surface area contributed by atoms with E-state index in [1.807, 2.05) is 12.5 Å². The second-order valence-electron chi connectivity index (χ2n) is 12.6. The van der Waals surface area contributed by atoms with E-state index in [1.165, 1.54) is 57.8 Å². The monoisotopic (exact) mass is 471 g/mol. The van der Waals surface area contributed by atoms with Crippen molar-refractivity contribution >= 4 is 5.71 Å². The lowest BCUT2D eigenvalue weighted by Gasteiger charge is -2.45. The lowest BCUT2D eigenvalue weighted by Crippen LogP contribution is -2.40. The molecule has 0 aromatic rings. The molecule has 3 heteroatoms. The van der Waals surface area contributed by atoms with E-state index in [4.69, 9.17) is 5.41 Å². The van der Waals surface area contributed by atoms with E-state index >= 15 is 0 Å². The molecule has 0 aromatic heterocycles. The fraction of sp³-hybridized carbons (Fsp3) is 0.839. The minimum atomic E-state index is 0. The number of nitrogens with one attached hydrogen (secondary N) is 3. The van der Waals surface area contributed by atoms with E-state index in [9.17, 15) is 0 Å². The Balaban J connectivity index is 0.000000282. The van der Waals surface area contributed by atoms with Crippen molar-refractivity contribution in [3.05, 3.63) is 24.4 Å². The summed E-state index contributed by atoms with van der Waals surface area (Å²) in [7, 11) is 0. The third kappa shape index (κ3) is 4.44. The molecule has 3 nitrogen and oxygen atoms in total. The van der Waals surface area contributed by atoms with Gasteiger partial charge in [0.25, 0.3) is 0 Å². The summed E-state index contributed by atoms with van der Waals surface area (Å²) in [6, 6.07) is 0.653. The Bertz CT molecular complexity index is 760. The fourth-order valence-corrected chi connectivity index (χ4v) is 9.20. The van der Waals surface area contributed by atoms with Gasteiger partial charge in [0.15, 0.2) is 0 Å². The van der Waals surface area contributed by atoms with Crippen molar-refractivity contribution in [2.24, 2.45) is 39.9 Å². The van der Waals surface area contributed by atoms with Crippen molar-refractivity contribution in [3.63, 3.8) is 0 Å². The third-order valence-corrected chi connectivity index (χ3v) is 10.4. The van der Waals surface area contributed by atoms with Crippen LogP contribution in [0.3, 0.4) is 0 Å². The molecule has 3 N–H and O–H groups in total. The normalized spacial score (nSPS) is 40.8. The summed E-state index contributed by atoms with van der Waals surface area (Å²) in [6.07, 6.45) is 16.9. The number of fused-ring (bicyclic) bond motifs is 1. The van der Waals surface area contributed by atoms with Crippen molar-refractivity contribution in [3.8, 4) is 0 Å². The quantitative estimate of drug-likeness (QED) is 0.271. The van der Waals surface area contributed by atoms with Crippen LogP contribution in [0.4, 0.5) is 0 Å². The molecule has 0 saturated heterocycles. The zero-order chi connectivity index (χ0) is 25.1. The molecule has 34 heavy (non-hydrogen) atoms. The molecule has 7 atom stereocenters. The molecule has 0 amide bonds. The Kier molecular flexibility index (Phi) is 8.81. The summed E-state index contributed by atoms with van der Waals surface area (Å²) in [4.78, 5) is 0. The van der Waals surface area contributed by atoms with Gasteiger partial charge in [-0.3, -0.25) is 0 Å². The first-order valence-corrected chi connectivity index (χ1v) is 14.5. The van der Waals surface area contributed by atoms with Crippen molar-refractivity contribution in [2.75, 3.05) is 13.1 Å². The van der Waals surface area contributed by atoms with E-state index in [-0.39, 0.29) is 1.43 Å². The van der Waals surface area contributed by atoms with Crippen molar-refractivity contribution in [2.45, 2.75) is 112 Å². The predicted molar refractivity (Wildman–Crippen MR) is 150 cm³/mol. The zero-order valence-electron chi connectivity index (χ0n) is 23.5. The van der Waals surface area contributed by atoms with Gasteiger partial charge in [-0.15, -0.1) is 0 Å². The SMILES string of the molecule is C=CNCC.CC(=N)C1CCC2C1(C)CCC1C34CCC(C)CC3=CCC214.CCCNC(C)C.[HH]. The molecule has 7 unspecified atom stereocenters. The van der Waals surface area contributed by atoms with Crippen LogP contribution < -0.4 is 10.6 Å². The summed E-state index contributed by atoms with van der Waals surface area (Å²) >= 11 is 0. The van der Waals surface area contributed by atoms with Gasteiger partial charge in [0.1, 0.15) is 0 Å². The molecule has 2 spiro atoms. The molecular weight excluding hydrogens is 414 g/mol. The summed E-state index contributed by atoms with van der Waals surface area (Å²) in [5.41, 5.74) is 4.60. The maximum Gasteiger partial charge on any atom is 0.0112 e. The number of hydrogen-bond donors (Lipinski definition) is 3. The van der Waals surface area contributed by atoms with Gasteiger partial charge in [0.05, 0.1) is 0 Å². The highest BCUT2D eigenvalue weighted by Gasteiger charge is 2.84. The van der Waals surface area contributed by atoms with Crippen LogP contribution in [0.25, 0.3) is 0 Å². The largest absolute Gasteiger partial charge is 0.392 e. The molecule has 0 heterocycles. The van der Waals surface area contributed by atoms with Gasteiger partial charge in [0.2, 0.25) is 0 Å². The predicted octanol–water partition coefficient (Wildman–Crippen LogP) is 7.98. The highest BCUT2D eigenvalue weighted by atomic mass is 14.9. The maximum absolute atomic E-state index is 8.30. The highest BCUT2D eigenvalue weighted by Crippen LogP contribution is 2.90. The highest BCUT2D eigenvalue weighted by molar-refractivity contribution is 5.82. The topological polar surface area (TPSA) is 47.9 Å². The average molecular weight is 472 g/mol. The molecule has 5 aliphatic carbocycles. The number of rotatable bonds is 6. The van der Waals surface area contributed by atoms with Crippen molar-refractivity contribution < 1.29 is 1.43 Å². The van der Waals surface area contributed by atoms with E-state index < -0.39 is 0 Å². The molecular formula is C31H57N3. The zero-order valence-corrected chi connectivity index (χ0v) is 23.5. The first-order valence-electron chi connectivity index (χ1n) is 14.5. The Hall–Kier alpha value is -1.09. The Morgan fingerprint density at radius 3 is 2.47 bits per heavy atom. The van der Waals surface area contributed by atoms with Crippen LogP contribution in [-0.2, 0) is 0 Å². The molecule has 4 fully saturated rings. The first-order chi connectivity index (χ1) is 16.2. The lowest BCUT2D eigenvalue weighted by atomic mass is 9.59. The Labute approximate surface area is 213 Å². The molecule has 4 saturated carbocycles. The molecule has 0 aromatic carbocycles. The second kappa shape index (κ2) is 10.9. The van der Waals surface area contributed by atoms with E-state index in [1.54, 1.807) is 6.20 Å². The summed E-state index contributed by atoms with van der Waals surface area (Å²) in [5.74, 6) is 3.43. The van der Waals surface area contributed by atoms with Crippen LogP contribution in [0.1, 0.15) is 108 Å². The number of hydrogen-bond acceptors (Lipinski definition) is 3. The number of allylic oxidation sites excluding steroid dienone is 2. The summed E-state index contributed by atoms with van der Waals surface area (Å²) in [5, 5.41) is 14.5. The van der Waals surface area contributed by atoms with Crippen LogP contribution in [-0.4, -0.2) is 24.8 Å². The van der Waals surface area contributed by atoms with E-state index in [0.29, 0.717) is 28.2 Å². The van der Waals surface area contributed by atoms with E-state index in [0.717, 1.165) is 36.6 Å². The van der Waals surface area contributed by atoms with Gasteiger partial charge in [-0.25, -0.2) is 0 Å². The van der Waals surface area contributed by atoms with Gasteiger partial charge < -0.3 is 16.0 Å². The molecule has 5 rings (SSSR count). The molecule has 0 aliphatic heterocycles. The van der Waals surface area contributed by atoms with Gasteiger partial charge >= 0.3 is 0 Å². The van der Waals surface area contributed by atoms with Crippen LogP contribution in [0.15, 0.2) is 24.4 Å². The van der Waals surface area contributed by atoms with Gasteiger partial charge in [-0.2, -0.15) is 0 Å². The van der Waals surface area contributed by atoms with E-state index in [2.05, 4.69) is 64.8 Å². The van der Waals surface area contributed by atoms with Crippen LogP contribution in [0.5, 0.6) is 0 Å². The average Bonchev–Trinajstić information content (AvgIpc) is 3.02. The standard InChI is InChI=1S/C21H31N.C6H15N.C4H9N.H2/c1-13-6-10-20-15(12-13)7-11-21(20)17-5-4-16(14(2)22)19(17,3)9-8-18(20)21;1-4-5-7-6(2)3;1-3-5-4-2;/h7,13,16-18,22H,4-6,8-12H2,1-3H3;6-7H,4-5H2,1-3H3;3,5H,1,4H2,2H3;1H. The van der Waals surface area contributed by atoms with Crippen LogP contribution in [0.2, 0.25) is 0 Å². The summed E-state index contributed by atoms with van der Waals surface area (Å²) < 4.78 is 0. The molecule has 0 radical (unpaired) electrons. The molecule has 5 aliphatic rings. The van der Waals surface area contributed by atoms with Gasteiger partial charge in [-0.05, 0) is 113 Å². The molecule has 0 bridgehead atoms. The minimum Gasteiger partial charge on any atom is -0.392 e. The third-order valence-electron chi connectivity index (χ3n) is 10.4. The smallest absolute Gasteiger partial charge is 0.0112 e. The van der Waals surface area contributed by atoms with Gasteiger partial charge in [0, 0.05) is 31.1 Å². The van der Waals surface area contributed by atoms with Crippen LogP contribution >= 0.6 is 0 Å².